The monoisotopic (exact) mass is 496 g/mol. The maximum atomic E-state index is 15.0. The van der Waals surface area contributed by atoms with Crippen molar-refractivity contribution in [1.29, 1.82) is 0 Å². The third-order valence-electron chi connectivity index (χ3n) is 6.01. The van der Waals surface area contributed by atoms with E-state index in [1.807, 2.05) is 17.0 Å². The van der Waals surface area contributed by atoms with Crippen molar-refractivity contribution >= 4 is 28.6 Å². The summed E-state index contributed by atoms with van der Waals surface area (Å²) >= 11 is 5.97. The van der Waals surface area contributed by atoms with Gasteiger partial charge in [0.1, 0.15) is 29.0 Å². The molecule has 35 heavy (non-hydrogen) atoms. The maximum absolute atomic E-state index is 15.0. The van der Waals surface area contributed by atoms with Gasteiger partial charge < -0.3 is 14.4 Å². The lowest BCUT2D eigenvalue weighted by Crippen LogP contribution is -2.39. The van der Waals surface area contributed by atoms with Crippen LogP contribution in [0, 0.1) is 12.7 Å². The summed E-state index contributed by atoms with van der Waals surface area (Å²) in [5.41, 5.74) is 1.32. The third-order valence-corrected chi connectivity index (χ3v) is 6.25. The fraction of sp³-hybridized carbons (Fsp3) is 0.292. The summed E-state index contributed by atoms with van der Waals surface area (Å²) in [5.74, 6) is 0.675. The molecular formula is C24H22ClFN6O3. The highest BCUT2D eigenvalue weighted by atomic mass is 35.5. The first-order valence-electron chi connectivity index (χ1n) is 10.9. The molecule has 0 N–H and O–H groups in total. The van der Waals surface area contributed by atoms with E-state index >= 15 is 0 Å². The molecule has 1 aliphatic rings. The van der Waals surface area contributed by atoms with Crippen LogP contribution in [-0.2, 0) is 11.8 Å². The Hall–Kier alpha value is -3.63. The topological polar surface area (TPSA) is 95.3 Å². The van der Waals surface area contributed by atoms with E-state index in [0.717, 1.165) is 5.56 Å². The van der Waals surface area contributed by atoms with Gasteiger partial charge in [-0.25, -0.2) is 24.3 Å². The first-order chi connectivity index (χ1) is 16.9. The van der Waals surface area contributed by atoms with Crippen molar-refractivity contribution in [2.45, 2.75) is 13.0 Å². The van der Waals surface area contributed by atoms with Crippen LogP contribution < -0.4 is 15.2 Å². The Labute approximate surface area is 205 Å². The van der Waals surface area contributed by atoms with Gasteiger partial charge in [0.25, 0.3) is 5.56 Å². The number of aryl methyl sites for hydroxylation is 1. The van der Waals surface area contributed by atoms with E-state index in [4.69, 9.17) is 21.1 Å². The highest BCUT2D eigenvalue weighted by Gasteiger charge is 2.27. The van der Waals surface area contributed by atoms with Gasteiger partial charge in [-0.1, -0.05) is 11.6 Å². The van der Waals surface area contributed by atoms with Crippen molar-refractivity contribution < 1.29 is 13.9 Å². The number of methoxy groups -OCH3 is 1. The van der Waals surface area contributed by atoms with Crippen molar-refractivity contribution in [2.24, 2.45) is 7.05 Å². The van der Waals surface area contributed by atoms with Crippen LogP contribution in [0.15, 0.2) is 41.3 Å². The molecule has 0 spiro atoms. The normalized spacial score (nSPS) is 16.0. The Morgan fingerprint density at radius 2 is 2.00 bits per heavy atom. The molecule has 0 amide bonds. The number of hydrogen-bond acceptors (Lipinski definition) is 8. The second kappa shape index (κ2) is 9.20. The number of fused-ring (bicyclic) bond motifs is 1. The second-order valence-corrected chi connectivity index (χ2v) is 8.59. The maximum Gasteiger partial charge on any atom is 0.279 e. The number of nitrogens with zero attached hydrogens (tertiary/aromatic N) is 6. The number of rotatable bonds is 4. The molecule has 11 heteroatoms. The molecule has 4 heterocycles. The molecule has 4 aromatic rings. The number of halogens is 2. The van der Waals surface area contributed by atoms with E-state index in [0.29, 0.717) is 37.3 Å². The van der Waals surface area contributed by atoms with Crippen molar-refractivity contribution in [3.8, 4) is 17.1 Å². The SMILES string of the molecule is COc1cc([C@@H]2CN(c3nc(-c4ccc(Cl)cc4F)c4nc(C)n(C)c(=O)c4n3)CCO2)ccn1. The zero-order chi connectivity index (χ0) is 24.7. The molecule has 0 saturated carbocycles. The molecule has 9 nitrogen and oxygen atoms in total. The zero-order valence-electron chi connectivity index (χ0n) is 19.3. The number of hydrogen-bond donors (Lipinski definition) is 0. The zero-order valence-corrected chi connectivity index (χ0v) is 20.1. The van der Waals surface area contributed by atoms with E-state index in [9.17, 15) is 9.18 Å². The van der Waals surface area contributed by atoms with Crippen LogP contribution in [-0.4, -0.2) is 51.3 Å². The van der Waals surface area contributed by atoms with E-state index in [-0.39, 0.29) is 39.0 Å². The first-order valence-corrected chi connectivity index (χ1v) is 11.3. The van der Waals surface area contributed by atoms with E-state index in [1.54, 1.807) is 33.3 Å². The molecule has 1 saturated heterocycles. The standard InChI is InChI=1S/C24H22ClFN6O3/c1-13-28-21-20(16-5-4-15(25)11-17(16)26)29-24(30-22(21)23(33)31(13)2)32-8-9-35-18(12-32)14-6-7-27-19(10-14)34-3/h4-7,10-11,18H,8-9,12H2,1-3H3/t18-/m0/s1. The molecule has 1 atom stereocenters. The summed E-state index contributed by atoms with van der Waals surface area (Å²) in [6.07, 6.45) is 1.36. The van der Waals surface area contributed by atoms with Gasteiger partial charge in [0, 0.05) is 36.4 Å². The van der Waals surface area contributed by atoms with Crippen LogP contribution in [0.4, 0.5) is 10.3 Å². The minimum absolute atomic E-state index is 0.112. The Balaban J connectivity index is 1.64. The van der Waals surface area contributed by atoms with Crippen LogP contribution in [0.2, 0.25) is 5.02 Å². The average molecular weight is 497 g/mol. The third kappa shape index (κ3) is 4.30. The van der Waals surface area contributed by atoms with Crippen LogP contribution in [0.5, 0.6) is 5.88 Å². The lowest BCUT2D eigenvalue weighted by Gasteiger charge is -2.33. The van der Waals surface area contributed by atoms with Crippen molar-refractivity contribution in [3.63, 3.8) is 0 Å². The number of aromatic nitrogens is 5. The molecule has 0 unspecified atom stereocenters. The predicted molar refractivity (Wildman–Crippen MR) is 129 cm³/mol. The average Bonchev–Trinajstić information content (AvgIpc) is 2.87. The van der Waals surface area contributed by atoms with Gasteiger partial charge in [-0.05, 0) is 36.8 Å². The van der Waals surface area contributed by atoms with Crippen LogP contribution in [0.3, 0.4) is 0 Å². The fourth-order valence-electron chi connectivity index (χ4n) is 4.02. The number of anilines is 1. The minimum atomic E-state index is -0.563. The summed E-state index contributed by atoms with van der Waals surface area (Å²) in [7, 11) is 3.17. The lowest BCUT2D eigenvalue weighted by molar-refractivity contribution is 0.0390. The molecule has 3 aromatic heterocycles. The highest BCUT2D eigenvalue weighted by Crippen LogP contribution is 2.31. The number of ether oxygens (including phenoxy) is 2. The fourth-order valence-corrected chi connectivity index (χ4v) is 4.18. The van der Waals surface area contributed by atoms with Gasteiger partial charge in [-0.3, -0.25) is 9.36 Å². The Bertz CT molecular complexity index is 1490. The molecule has 1 fully saturated rings. The van der Waals surface area contributed by atoms with Gasteiger partial charge in [0.05, 0.1) is 20.3 Å². The van der Waals surface area contributed by atoms with E-state index in [1.165, 1.54) is 16.7 Å². The number of pyridine rings is 1. The van der Waals surface area contributed by atoms with Crippen LogP contribution in [0.25, 0.3) is 22.3 Å². The molecule has 0 bridgehead atoms. The molecular weight excluding hydrogens is 475 g/mol. The lowest BCUT2D eigenvalue weighted by atomic mass is 10.1. The van der Waals surface area contributed by atoms with Gasteiger partial charge >= 0.3 is 0 Å². The van der Waals surface area contributed by atoms with Crippen molar-refractivity contribution in [3.05, 3.63) is 69.1 Å². The van der Waals surface area contributed by atoms with Gasteiger partial charge in [0.15, 0.2) is 5.52 Å². The van der Waals surface area contributed by atoms with Gasteiger partial charge in [-0.15, -0.1) is 0 Å². The van der Waals surface area contributed by atoms with Crippen LogP contribution >= 0.6 is 11.6 Å². The minimum Gasteiger partial charge on any atom is -0.481 e. The summed E-state index contributed by atoms with van der Waals surface area (Å²) in [4.78, 5) is 33.0. The highest BCUT2D eigenvalue weighted by molar-refractivity contribution is 6.30. The van der Waals surface area contributed by atoms with E-state index < -0.39 is 5.82 Å². The summed E-state index contributed by atoms with van der Waals surface area (Å²) < 4.78 is 27.6. The Morgan fingerprint density at radius 3 is 2.77 bits per heavy atom. The smallest absolute Gasteiger partial charge is 0.279 e. The quantitative estimate of drug-likeness (QED) is 0.424. The molecule has 5 rings (SSSR count). The Kier molecular flexibility index (Phi) is 6.08. The van der Waals surface area contributed by atoms with Crippen molar-refractivity contribution in [1.82, 2.24) is 24.5 Å². The van der Waals surface area contributed by atoms with Crippen molar-refractivity contribution in [2.75, 3.05) is 31.7 Å². The largest absolute Gasteiger partial charge is 0.481 e. The van der Waals surface area contributed by atoms with Gasteiger partial charge in [-0.2, -0.15) is 0 Å². The summed E-state index contributed by atoms with van der Waals surface area (Å²) in [6, 6.07) is 7.98. The molecule has 0 aliphatic carbocycles. The molecule has 1 aliphatic heterocycles. The number of benzene rings is 1. The Morgan fingerprint density at radius 1 is 1.17 bits per heavy atom. The van der Waals surface area contributed by atoms with E-state index in [2.05, 4.69) is 19.9 Å². The molecule has 0 radical (unpaired) electrons. The second-order valence-electron chi connectivity index (χ2n) is 8.15. The summed E-state index contributed by atoms with van der Waals surface area (Å²) in [5, 5.41) is 0.258. The first kappa shape index (κ1) is 23.1. The summed E-state index contributed by atoms with van der Waals surface area (Å²) in [6.45, 7) is 3.02. The van der Waals surface area contributed by atoms with Crippen LogP contribution in [0.1, 0.15) is 17.5 Å². The molecule has 180 valence electrons. The predicted octanol–water partition coefficient (Wildman–Crippen LogP) is 3.47. The molecule has 1 aromatic carbocycles. The number of morpholine rings is 1. The van der Waals surface area contributed by atoms with Gasteiger partial charge in [0.2, 0.25) is 11.8 Å².